The second-order valence-electron chi connectivity index (χ2n) is 11.6. The Morgan fingerprint density at radius 3 is 2.53 bits per heavy atom. The van der Waals surface area contributed by atoms with Gasteiger partial charge >= 0.3 is 6.18 Å². The fourth-order valence-corrected chi connectivity index (χ4v) is 8.24. The molecule has 0 bridgehead atoms. The summed E-state index contributed by atoms with van der Waals surface area (Å²) in [7, 11) is 1.51. The van der Waals surface area contributed by atoms with Gasteiger partial charge in [-0.05, 0) is 75.0 Å². The average molecular weight is 595 g/mol. The normalized spacial score (nSPS) is 33.4. The smallest absolute Gasteiger partial charge is 0.353 e. The summed E-state index contributed by atoms with van der Waals surface area (Å²) in [6.07, 6.45) is 3.13. The highest BCUT2D eigenvalue weighted by Gasteiger charge is 2.45. The van der Waals surface area contributed by atoms with Crippen LogP contribution in [0.4, 0.5) is 13.2 Å². The predicted molar refractivity (Wildman–Crippen MR) is 145 cm³/mol. The van der Waals surface area contributed by atoms with Crippen LogP contribution in [0, 0.1) is 29.1 Å². The Morgan fingerprint density at radius 2 is 1.89 bits per heavy atom. The lowest BCUT2D eigenvalue weighted by molar-refractivity contribution is -0.142. The Balaban J connectivity index is 1.35. The Kier molecular flexibility index (Phi) is 8.52. The number of amides is 1. The Morgan fingerprint density at radius 1 is 1.16 bits per heavy atom. The zero-order valence-electron chi connectivity index (χ0n) is 21.5. The number of carbonyl (C=O) groups excluding carboxylic acids is 1. The zero-order chi connectivity index (χ0) is 27.2. The SMILES string of the molecule is Cn1cc(C2CC(CN3CCSC3=N)CC(C(=O)N[C@@H](C3CC3)C3CCC(Cl)C(Cl)C3)C2)c(C(F)(F)F)n1. The summed E-state index contributed by atoms with van der Waals surface area (Å²) in [5.74, 6) is 0.708. The molecule has 3 aliphatic carbocycles. The van der Waals surface area contributed by atoms with E-state index in [1.165, 1.54) is 29.7 Å². The zero-order valence-corrected chi connectivity index (χ0v) is 23.9. The van der Waals surface area contributed by atoms with Gasteiger partial charge in [-0.2, -0.15) is 18.3 Å². The van der Waals surface area contributed by atoms with Crippen LogP contribution in [0.1, 0.15) is 68.5 Å². The summed E-state index contributed by atoms with van der Waals surface area (Å²) in [4.78, 5) is 15.8. The molecular weight excluding hydrogens is 558 g/mol. The lowest BCUT2D eigenvalue weighted by Gasteiger charge is -2.39. The van der Waals surface area contributed by atoms with Crippen LogP contribution in [-0.2, 0) is 18.0 Å². The van der Waals surface area contributed by atoms with Gasteiger partial charge in [0.2, 0.25) is 5.91 Å². The number of aryl methyl sites for hydroxylation is 1. The van der Waals surface area contributed by atoms with Gasteiger partial charge in [-0.15, -0.1) is 23.2 Å². The van der Waals surface area contributed by atoms with E-state index in [0.717, 1.165) is 44.4 Å². The highest BCUT2D eigenvalue weighted by molar-refractivity contribution is 8.14. The first-order valence-corrected chi connectivity index (χ1v) is 15.5. The van der Waals surface area contributed by atoms with Crippen molar-refractivity contribution in [3.05, 3.63) is 17.5 Å². The van der Waals surface area contributed by atoms with Gasteiger partial charge in [-0.25, -0.2) is 0 Å². The summed E-state index contributed by atoms with van der Waals surface area (Å²) in [5, 5.41) is 15.6. The minimum absolute atomic E-state index is 0.0168. The van der Waals surface area contributed by atoms with Gasteiger partial charge < -0.3 is 10.2 Å². The molecule has 2 heterocycles. The molecule has 212 valence electrons. The van der Waals surface area contributed by atoms with Gasteiger partial charge in [0, 0.05) is 55.0 Å². The van der Waals surface area contributed by atoms with E-state index in [4.69, 9.17) is 28.6 Å². The standard InChI is InChI=1S/C26H36Cl2F3N5OS/c1-35-13-19(23(34-35)26(29,30)31)17-8-14(12-36-6-7-38-25(36)32)9-18(10-17)24(37)33-22(15-2-3-15)16-4-5-20(27)21(28)11-16/h13-18,20-22,32H,2-12H2,1H3,(H,33,37)/t14?,16?,17?,18?,20?,21?,22-/m0/s1. The summed E-state index contributed by atoms with van der Waals surface area (Å²) in [6, 6.07) is 0.0408. The van der Waals surface area contributed by atoms with E-state index < -0.39 is 17.8 Å². The number of aromatic nitrogens is 2. The molecule has 7 atom stereocenters. The first kappa shape index (κ1) is 28.4. The molecule has 0 spiro atoms. The van der Waals surface area contributed by atoms with Crippen molar-refractivity contribution in [3.8, 4) is 0 Å². The van der Waals surface area contributed by atoms with Crippen LogP contribution in [-0.4, -0.2) is 61.4 Å². The Labute approximate surface area is 236 Å². The molecule has 38 heavy (non-hydrogen) atoms. The molecule has 1 amide bonds. The number of halogens is 5. The van der Waals surface area contributed by atoms with E-state index in [2.05, 4.69) is 10.4 Å². The van der Waals surface area contributed by atoms with E-state index in [1.54, 1.807) is 0 Å². The maximum atomic E-state index is 13.9. The van der Waals surface area contributed by atoms with Crippen molar-refractivity contribution in [2.45, 2.75) is 80.3 Å². The third-order valence-corrected chi connectivity index (χ3v) is 10.8. The van der Waals surface area contributed by atoms with E-state index >= 15 is 0 Å². The molecule has 0 radical (unpaired) electrons. The fourth-order valence-electron chi connectivity index (χ4n) is 6.80. The first-order valence-electron chi connectivity index (χ1n) is 13.6. The molecule has 1 aliphatic heterocycles. The molecule has 4 fully saturated rings. The van der Waals surface area contributed by atoms with Crippen LogP contribution in [0.5, 0.6) is 0 Å². The van der Waals surface area contributed by atoms with Gasteiger partial charge in [0.25, 0.3) is 0 Å². The number of hydrogen-bond donors (Lipinski definition) is 2. The van der Waals surface area contributed by atoms with Crippen LogP contribution < -0.4 is 5.32 Å². The summed E-state index contributed by atoms with van der Waals surface area (Å²) >= 11 is 14.3. The molecule has 0 aromatic carbocycles. The van der Waals surface area contributed by atoms with Crippen LogP contribution >= 0.6 is 35.0 Å². The largest absolute Gasteiger partial charge is 0.435 e. The summed E-state index contributed by atoms with van der Waals surface area (Å²) in [6.45, 7) is 1.35. The third-order valence-electron chi connectivity index (χ3n) is 8.79. The molecule has 4 aliphatic rings. The molecule has 2 N–H and O–H groups in total. The first-order chi connectivity index (χ1) is 18.0. The average Bonchev–Trinajstić information content (AvgIpc) is 3.50. The number of nitrogens with one attached hydrogen (secondary N) is 2. The van der Waals surface area contributed by atoms with Gasteiger partial charge in [-0.1, -0.05) is 11.8 Å². The van der Waals surface area contributed by atoms with Crippen molar-refractivity contribution in [2.24, 2.45) is 30.7 Å². The molecule has 1 aromatic heterocycles. The lowest BCUT2D eigenvalue weighted by atomic mass is 9.71. The van der Waals surface area contributed by atoms with Crippen LogP contribution in [0.15, 0.2) is 6.20 Å². The monoisotopic (exact) mass is 593 g/mol. The highest BCUT2D eigenvalue weighted by atomic mass is 35.5. The van der Waals surface area contributed by atoms with Gasteiger partial charge in [0.15, 0.2) is 10.9 Å². The quantitative estimate of drug-likeness (QED) is 0.390. The van der Waals surface area contributed by atoms with Gasteiger partial charge in [-0.3, -0.25) is 14.9 Å². The Hall–Kier alpha value is -1.13. The topological polar surface area (TPSA) is 74.0 Å². The number of rotatable bonds is 7. The third kappa shape index (κ3) is 6.43. The lowest BCUT2D eigenvalue weighted by Crippen LogP contribution is -2.48. The maximum absolute atomic E-state index is 13.9. The van der Waals surface area contributed by atoms with Crippen LogP contribution in [0.2, 0.25) is 0 Å². The number of amidine groups is 1. The molecule has 6 nitrogen and oxygen atoms in total. The number of alkyl halides is 5. The predicted octanol–water partition coefficient (Wildman–Crippen LogP) is 5.83. The van der Waals surface area contributed by atoms with E-state index in [1.807, 2.05) is 4.90 Å². The molecule has 1 saturated heterocycles. The van der Waals surface area contributed by atoms with Crippen molar-refractivity contribution in [1.29, 1.82) is 5.41 Å². The molecular formula is C26H36Cl2F3N5OS. The minimum Gasteiger partial charge on any atom is -0.353 e. The minimum atomic E-state index is -4.55. The Bertz CT molecular complexity index is 1040. The van der Waals surface area contributed by atoms with Gasteiger partial charge in [0.05, 0.1) is 5.38 Å². The summed E-state index contributed by atoms with van der Waals surface area (Å²) < 4.78 is 42.8. The number of nitrogens with zero attached hydrogens (tertiary/aromatic N) is 3. The second-order valence-corrected chi connectivity index (χ2v) is 13.9. The fraction of sp³-hybridized carbons (Fsp3) is 0.808. The molecule has 12 heteroatoms. The van der Waals surface area contributed by atoms with Crippen molar-refractivity contribution in [2.75, 3.05) is 18.8 Å². The molecule has 6 unspecified atom stereocenters. The molecule has 1 aromatic rings. The van der Waals surface area contributed by atoms with E-state index in [9.17, 15) is 18.0 Å². The van der Waals surface area contributed by atoms with Crippen molar-refractivity contribution >= 4 is 46.0 Å². The number of thioether (sulfide) groups is 1. The number of hydrogen-bond acceptors (Lipinski definition) is 4. The molecule has 5 rings (SSSR count). The number of carbonyl (C=O) groups is 1. The van der Waals surface area contributed by atoms with E-state index in [-0.39, 0.29) is 46.0 Å². The van der Waals surface area contributed by atoms with Crippen molar-refractivity contribution in [1.82, 2.24) is 20.0 Å². The van der Waals surface area contributed by atoms with E-state index in [0.29, 0.717) is 36.9 Å². The maximum Gasteiger partial charge on any atom is 0.435 e. The highest BCUT2D eigenvalue weighted by Crippen LogP contribution is 2.46. The van der Waals surface area contributed by atoms with Gasteiger partial charge in [0.1, 0.15) is 0 Å². The second kappa shape index (κ2) is 11.4. The van der Waals surface area contributed by atoms with Crippen LogP contribution in [0.25, 0.3) is 0 Å². The van der Waals surface area contributed by atoms with Crippen LogP contribution in [0.3, 0.4) is 0 Å². The van der Waals surface area contributed by atoms with Crippen molar-refractivity contribution < 1.29 is 18.0 Å². The summed E-state index contributed by atoms with van der Waals surface area (Å²) in [5.41, 5.74) is -0.673. The molecule has 3 saturated carbocycles. The van der Waals surface area contributed by atoms with Crippen molar-refractivity contribution in [3.63, 3.8) is 0 Å².